The molecule has 7 heteroatoms. The van der Waals surface area contributed by atoms with Gasteiger partial charge in [0.05, 0.1) is 19.1 Å². The summed E-state index contributed by atoms with van der Waals surface area (Å²) in [6.45, 7) is 3.56. The van der Waals surface area contributed by atoms with Gasteiger partial charge in [0, 0.05) is 24.7 Å². The molecule has 0 spiro atoms. The van der Waals surface area contributed by atoms with Crippen LogP contribution in [0.15, 0.2) is 36.4 Å². The van der Waals surface area contributed by atoms with E-state index in [0.717, 1.165) is 63.0 Å². The van der Waals surface area contributed by atoms with Crippen molar-refractivity contribution in [3.63, 3.8) is 0 Å². The third kappa shape index (κ3) is 5.93. The number of pyridine rings is 1. The van der Waals surface area contributed by atoms with Crippen molar-refractivity contribution in [3.8, 4) is 0 Å². The maximum atomic E-state index is 14.0. The summed E-state index contributed by atoms with van der Waals surface area (Å²) >= 11 is 0. The Balaban J connectivity index is 1.41. The third-order valence-electron chi connectivity index (χ3n) is 6.80. The van der Waals surface area contributed by atoms with Crippen LogP contribution in [-0.4, -0.2) is 41.5 Å². The van der Waals surface area contributed by atoms with Crippen molar-refractivity contribution in [1.29, 1.82) is 0 Å². The van der Waals surface area contributed by atoms with Gasteiger partial charge in [0.25, 0.3) is 0 Å². The molecule has 1 aromatic carbocycles. The number of fused-ring (bicyclic) bond motifs is 1. The Hall–Kier alpha value is -2.96. The van der Waals surface area contributed by atoms with Gasteiger partial charge in [-0.1, -0.05) is 18.2 Å². The van der Waals surface area contributed by atoms with E-state index in [9.17, 15) is 14.0 Å². The number of carbonyl (C=O) groups excluding carboxylic acids is 2. The van der Waals surface area contributed by atoms with E-state index >= 15 is 0 Å². The number of rotatable bonds is 9. The summed E-state index contributed by atoms with van der Waals surface area (Å²) in [5.41, 5.74) is 2.96. The monoisotopic (exact) mass is 467 g/mol. The van der Waals surface area contributed by atoms with Crippen molar-refractivity contribution in [2.24, 2.45) is 5.92 Å². The second kappa shape index (κ2) is 11.4. The highest BCUT2D eigenvalue weighted by Crippen LogP contribution is 2.33. The summed E-state index contributed by atoms with van der Waals surface area (Å²) in [5, 5.41) is 3.38. The Bertz CT molecular complexity index is 1010. The zero-order valence-electron chi connectivity index (χ0n) is 19.9. The van der Waals surface area contributed by atoms with Crippen LogP contribution < -0.4 is 5.32 Å². The topological polar surface area (TPSA) is 71.5 Å². The highest BCUT2D eigenvalue weighted by molar-refractivity contribution is 5.81. The van der Waals surface area contributed by atoms with Crippen molar-refractivity contribution >= 4 is 17.7 Å². The number of hydrogen-bond acceptors (Lipinski definition) is 5. The van der Waals surface area contributed by atoms with Gasteiger partial charge in [0.2, 0.25) is 5.91 Å². The number of esters is 1. The number of carbonyl (C=O) groups is 2. The number of nitrogens with one attached hydrogen (secondary N) is 1. The molecule has 1 amide bonds. The molecule has 182 valence electrons. The number of likely N-dealkylation sites (tertiary alicyclic amines) is 1. The van der Waals surface area contributed by atoms with Crippen LogP contribution in [0, 0.1) is 11.7 Å². The molecule has 1 aromatic heterocycles. The number of amides is 1. The average Bonchev–Trinajstić information content (AvgIpc) is 2.84. The van der Waals surface area contributed by atoms with Gasteiger partial charge in [-0.15, -0.1) is 0 Å². The smallest absolute Gasteiger partial charge is 0.308 e. The molecule has 34 heavy (non-hydrogen) atoms. The summed E-state index contributed by atoms with van der Waals surface area (Å²) < 4.78 is 19.1. The van der Waals surface area contributed by atoms with E-state index in [0.29, 0.717) is 12.1 Å². The molecule has 2 aromatic rings. The zero-order chi connectivity index (χ0) is 23.9. The van der Waals surface area contributed by atoms with Gasteiger partial charge in [0.15, 0.2) is 0 Å². The summed E-state index contributed by atoms with van der Waals surface area (Å²) in [4.78, 5) is 32.3. The van der Waals surface area contributed by atoms with E-state index in [1.807, 2.05) is 0 Å². The van der Waals surface area contributed by atoms with Crippen molar-refractivity contribution in [1.82, 2.24) is 9.88 Å². The largest absolute Gasteiger partial charge is 0.466 e. The van der Waals surface area contributed by atoms with Crippen LogP contribution in [-0.2, 0) is 27.2 Å². The molecule has 2 aliphatic rings. The van der Waals surface area contributed by atoms with Gasteiger partial charge in [0.1, 0.15) is 11.6 Å². The SMILES string of the molecule is CCOC(=O)C[C@H](c1cccc(F)c1)N1CCCC(CCCc2ccc3c(n2)NCCC3)C1=O. The lowest BCUT2D eigenvalue weighted by molar-refractivity contribution is -0.148. The number of hydrogen-bond donors (Lipinski definition) is 1. The number of benzene rings is 1. The van der Waals surface area contributed by atoms with Gasteiger partial charge >= 0.3 is 5.97 Å². The quantitative estimate of drug-likeness (QED) is 0.535. The van der Waals surface area contributed by atoms with Crippen LogP contribution in [0.4, 0.5) is 10.2 Å². The Kier molecular flexibility index (Phi) is 8.14. The molecule has 2 atom stereocenters. The minimum Gasteiger partial charge on any atom is -0.466 e. The highest BCUT2D eigenvalue weighted by atomic mass is 19.1. The summed E-state index contributed by atoms with van der Waals surface area (Å²) in [7, 11) is 0. The highest BCUT2D eigenvalue weighted by Gasteiger charge is 2.35. The van der Waals surface area contributed by atoms with E-state index in [2.05, 4.69) is 17.4 Å². The number of piperidine rings is 1. The van der Waals surface area contributed by atoms with Crippen LogP contribution in [0.1, 0.15) is 68.3 Å². The summed E-state index contributed by atoms with van der Waals surface area (Å²) in [6.07, 6.45) is 6.42. The number of halogens is 1. The van der Waals surface area contributed by atoms with Crippen molar-refractivity contribution in [2.45, 2.75) is 64.3 Å². The molecule has 4 rings (SSSR count). The van der Waals surface area contributed by atoms with Crippen molar-refractivity contribution in [2.75, 3.05) is 25.0 Å². The molecule has 6 nitrogen and oxygen atoms in total. The first-order valence-corrected chi connectivity index (χ1v) is 12.5. The van der Waals surface area contributed by atoms with Crippen LogP contribution in [0.5, 0.6) is 0 Å². The summed E-state index contributed by atoms with van der Waals surface area (Å²) in [5.74, 6) is 0.200. The van der Waals surface area contributed by atoms with E-state index < -0.39 is 6.04 Å². The normalized spacial score (nSPS) is 18.7. The molecule has 1 unspecified atom stereocenters. The molecule has 0 aliphatic carbocycles. The molecule has 1 saturated heterocycles. The fourth-order valence-corrected chi connectivity index (χ4v) is 5.09. The molecule has 0 radical (unpaired) electrons. The fourth-order valence-electron chi connectivity index (χ4n) is 5.09. The Labute approximate surface area is 200 Å². The first kappa shape index (κ1) is 24.2. The van der Waals surface area contributed by atoms with Crippen LogP contribution >= 0.6 is 0 Å². The number of aryl methyl sites for hydroxylation is 2. The fraction of sp³-hybridized carbons (Fsp3) is 0.519. The number of ether oxygens (including phenoxy) is 1. The van der Waals surface area contributed by atoms with E-state index in [4.69, 9.17) is 9.72 Å². The van der Waals surface area contributed by atoms with Gasteiger partial charge in [-0.3, -0.25) is 9.59 Å². The lowest BCUT2D eigenvalue weighted by Crippen LogP contribution is -2.44. The molecular weight excluding hydrogens is 433 g/mol. The Morgan fingerprint density at radius 2 is 2.18 bits per heavy atom. The standard InChI is InChI=1S/C27H34FN3O3/c1-2-34-25(32)18-24(21-8-3-11-22(28)17-21)31-16-6-10-20(27(31)33)7-4-12-23-14-13-19-9-5-15-29-26(19)30-23/h3,8,11,13-14,17,20,24H,2,4-7,9-10,12,15-16,18H2,1H3,(H,29,30)/t20?,24-/m1/s1. The first-order valence-electron chi connectivity index (χ1n) is 12.5. The number of nitrogens with zero attached hydrogens (tertiary/aromatic N) is 2. The van der Waals surface area contributed by atoms with Crippen LogP contribution in [0.25, 0.3) is 0 Å². The molecule has 0 bridgehead atoms. The number of aromatic nitrogens is 1. The average molecular weight is 468 g/mol. The van der Waals surface area contributed by atoms with Gasteiger partial charge in [-0.2, -0.15) is 0 Å². The molecule has 3 heterocycles. The van der Waals surface area contributed by atoms with Crippen molar-refractivity contribution in [3.05, 3.63) is 59.0 Å². The predicted octanol–water partition coefficient (Wildman–Crippen LogP) is 4.83. The van der Waals surface area contributed by atoms with Crippen molar-refractivity contribution < 1.29 is 18.7 Å². The molecule has 1 N–H and O–H groups in total. The molecule has 0 saturated carbocycles. The maximum Gasteiger partial charge on any atom is 0.308 e. The van der Waals surface area contributed by atoms with E-state index in [1.54, 1.807) is 24.0 Å². The molecule has 2 aliphatic heterocycles. The third-order valence-corrected chi connectivity index (χ3v) is 6.80. The second-order valence-corrected chi connectivity index (χ2v) is 9.18. The van der Waals surface area contributed by atoms with Crippen LogP contribution in [0.2, 0.25) is 0 Å². The van der Waals surface area contributed by atoms with Gasteiger partial charge in [-0.05, 0) is 81.2 Å². The van der Waals surface area contributed by atoms with Gasteiger partial charge < -0.3 is 15.0 Å². The molecule has 1 fully saturated rings. The molecular formula is C27H34FN3O3. The Morgan fingerprint density at radius 1 is 1.29 bits per heavy atom. The maximum absolute atomic E-state index is 14.0. The summed E-state index contributed by atoms with van der Waals surface area (Å²) in [6, 6.07) is 9.93. The van der Waals surface area contributed by atoms with E-state index in [-0.39, 0.29) is 36.6 Å². The second-order valence-electron chi connectivity index (χ2n) is 9.18. The Morgan fingerprint density at radius 3 is 3.00 bits per heavy atom. The van der Waals surface area contributed by atoms with Gasteiger partial charge in [-0.25, -0.2) is 9.37 Å². The van der Waals surface area contributed by atoms with E-state index in [1.165, 1.54) is 17.7 Å². The predicted molar refractivity (Wildman–Crippen MR) is 129 cm³/mol. The van der Waals surface area contributed by atoms with Crippen LogP contribution in [0.3, 0.4) is 0 Å². The minimum atomic E-state index is -0.515. The first-order chi connectivity index (χ1) is 16.5. The lowest BCUT2D eigenvalue weighted by atomic mass is 9.89. The lowest BCUT2D eigenvalue weighted by Gasteiger charge is -2.38. The minimum absolute atomic E-state index is 0.0296. The zero-order valence-corrected chi connectivity index (χ0v) is 19.9. The number of anilines is 1.